The summed E-state index contributed by atoms with van der Waals surface area (Å²) in [6.45, 7) is 5.01. The molecular weight excluding hydrogens is 316 g/mol. The number of rotatable bonds is 6. The Labute approximate surface area is 146 Å². The first-order valence-electron chi connectivity index (χ1n) is 8.45. The van der Waals surface area contributed by atoms with E-state index in [1.165, 1.54) is 0 Å². The Balaban J connectivity index is 2.06. The number of aliphatic hydroxyl groups excluding tert-OH is 1. The van der Waals surface area contributed by atoms with Gasteiger partial charge in [0.25, 0.3) is 5.91 Å². The van der Waals surface area contributed by atoms with Crippen molar-refractivity contribution in [3.8, 4) is 11.3 Å². The van der Waals surface area contributed by atoms with Gasteiger partial charge >= 0.3 is 0 Å². The largest absolute Gasteiger partial charge is 0.396 e. The zero-order chi connectivity index (χ0) is 17.8. The molecule has 0 fully saturated rings. The van der Waals surface area contributed by atoms with Gasteiger partial charge in [-0.15, -0.1) is 0 Å². The van der Waals surface area contributed by atoms with Gasteiger partial charge < -0.3 is 10.4 Å². The van der Waals surface area contributed by atoms with Gasteiger partial charge in [-0.2, -0.15) is 5.10 Å². The van der Waals surface area contributed by atoms with Crippen LogP contribution in [0.3, 0.4) is 0 Å². The van der Waals surface area contributed by atoms with E-state index in [9.17, 15) is 4.79 Å². The summed E-state index contributed by atoms with van der Waals surface area (Å²) in [4.78, 5) is 17.4. The molecule has 0 aliphatic rings. The van der Waals surface area contributed by atoms with Crippen LogP contribution >= 0.6 is 0 Å². The quantitative estimate of drug-likeness (QED) is 0.723. The molecule has 6 nitrogen and oxygen atoms in total. The molecule has 6 heteroatoms. The number of hydrogen-bond donors (Lipinski definition) is 2. The number of carbonyl (C=O) groups is 1. The summed E-state index contributed by atoms with van der Waals surface area (Å²) in [5.41, 5.74) is 2.94. The Morgan fingerprint density at radius 2 is 2.08 bits per heavy atom. The van der Waals surface area contributed by atoms with E-state index < -0.39 is 0 Å². The van der Waals surface area contributed by atoms with Gasteiger partial charge in [0.05, 0.1) is 22.8 Å². The van der Waals surface area contributed by atoms with Crippen molar-refractivity contribution in [3.05, 3.63) is 48.2 Å². The van der Waals surface area contributed by atoms with E-state index in [1.54, 1.807) is 16.9 Å². The Kier molecular flexibility index (Phi) is 5.09. The van der Waals surface area contributed by atoms with Crippen LogP contribution in [0.2, 0.25) is 0 Å². The number of hydrogen-bond acceptors (Lipinski definition) is 4. The van der Waals surface area contributed by atoms with Gasteiger partial charge in [-0.05, 0) is 18.9 Å². The van der Waals surface area contributed by atoms with Crippen molar-refractivity contribution >= 4 is 16.9 Å². The first-order chi connectivity index (χ1) is 12.1. The zero-order valence-corrected chi connectivity index (χ0v) is 14.4. The van der Waals surface area contributed by atoms with Crippen molar-refractivity contribution in [1.29, 1.82) is 0 Å². The number of benzene rings is 1. The van der Waals surface area contributed by atoms with Crippen molar-refractivity contribution < 1.29 is 9.90 Å². The highest BCUT2D eigenvalue weighted by Gasteiger charge is 2.17. The summed E-state index contributed by atoms with van der Waals surface area (Å²) >= 11 is 0. The summed E-state index contributed by atoms with van der Waals surface area (Å²) in [6.07, 6.45) is 1.69. The summed E-state index contributed by atoms with van der Waals surface area (Å²) < 4.78 is 1.79. The fraction of sp³-hybridized carbons (Fsp3) is 0.316. The molecule has 1 amide bonds. The Morgan fingerprint density at radius 1 is 1.32 bits per heavy atom. The standard InChI is InChI=1S/C19H22N4O2/c1-3-23-18-16(11-21-23)15(19(25)20-10-13(2)12-24)9-17(22-18)14-7-5-4-6-8-14/h4-9,11,13,24H,3,10,12H2,1-2H3,(H,20,25). The average Bonchev–Trinajstić information content (AvgIpc) is 3.08. The predicted molar refractivity (Wildman–Crippen MR) is 97.2 cm³/mol. The number of fused-ring (bicyclic) bond motifs is 1. The molecule has 0 saturated carbocycles. The highest BCUT2D eigenvalue weighted by atomic mass is 16.3. The summed E-state index contributed by atoms with van der Waals surface area (Å²) in [6, 6.07) is 11.6. The zero-order valence-electron chi connectivity index (χ0n) is 14.4. The van der Waals surface area contributed by atoms with Gasteiger partial charge in [0.15, 0.2) is 5.65 Å². The van der Waals surface area contributed by atoms with Crippen LogP contribution in [0.4, 0.5) is 0 Å². The molecule has 1 unspecified atom stereocenters. The lowest BCUT2D eigenvalue weighted by molar-refractivity contribution is 0.0944. The SMILES string of the molecule is CCn1ncc2c(C(=O)NCC(C)CO)cc(-c3ccccc3)nc21. The number of carbonyl (C=O) groups excluding carboxylic acids is 1. The molecule has 3 rings (SSSR count). The number of pyridine rings is 1. The number of nitrogens with one attached hydrogen (secondary N) is 1. The van der Waals surface area contributed by atoms with E-state index in [2.05, 4.69) is 10.4 Å². The van der Waals surface area contributed by atoms with E-state index in [-0.39, 0.29) is 18.4 Å². The highest BCUT2D eigenvalue weighted by molar-refractivity contribution is 6.06. The smallest absolute Gasteiger partial charge is 0.252 e. The van der Waals surface area contributed by atoms with E-state index >= 15 is 0 Å². The minimum Gasteiger partial charge on any atom is -0.396 e. The Bertz CT molecular complexity index is 874. The number of amides is 1. The summed E-state index contributed by atoms with van der Waals surface area (Å²) in [5.74, 6) is -0.172. The van der Waals surface area contributed by atoms with Crippen molar-refractivity contribution in [2.75, 3.05) is 13.2 Å². The van der Waals surface area contributed by atoms with Gasteiger partial charge in [0.2, 0.25) is 0 Å². The Morgan fingerprint density at radius 3 is 2.76 bits per heavy atom. The van der Waals surface area contributed by atoms with Gasteiger partial charge in [0, 0.05) is 25.3 Å². The maximum Gasteiger partial charge on any atom is 0.252 e. The normalized spacial score (nSPS) is 12.3. The van der Waals surface area contributed by atoms with Crippen LogP contribution in [0.25, 0.3) is 22.3 Å². The third-order valence-corrected chi connectivity index (χ3v) is 4.15. The van der Waals surface area contributed by atoms with E-state index in [0.717, 1.165) is 16.6 Å². The molecule has 25 heavy (non-hydrogen) atoms. The van der Waals surface area contributed by atoms with Crippen LogP contribution in [0.5, 0.6) is 0 Å². The van der Waals surface area contributed by atoms with E-state index in [4.69, 9.17) is 10.1 Å². The number of nitrogens with zero attached hydrogens (tertiary/aromatic N) is 3. The second-order valence-corrected chi connectivity index (χ2v) is 6.12. The molecule has 0 spiro atoms. The van der Waals surface area contributed by atoms with Crippen LogP contribution in [0, 0.1) is 5.92 Å². The fourth-order valence-electron chi connectivity index (χ4n) is 2.65. The molecule has 0 aliphatic carbocycles. The maximum absolute atomic E-state index is 12.7. The van der Waals surface area contributed by atoms with Crippen molar-refractivity contribution in [3.63, 3.8) is 0 Å². The van der Waals surface area contributed by atoms with Gasteiger partial charge in [-0.25, -0.2) is 9.67 Å². The Hall–Kier alpha value is -2.73. The lowest BCUT2D eigenvalue weighted by Crippen LogP contribution is -2.29. The number of aryl methyl sites for hydroxylation is 1. The predicted octanol–water partition coefficient (Wildman–Crippen LogP) is 2.48. The molecule has 2 aromatic heterocycles. The third kappa shape index (κ3) is 3.53. The lowest BCUT2D eigenvalue weighted by atomic mass is 10.1. The second kappa shape index (κ2) is 7.44. The van der Waals surface area contributed by atoms with Crippen LogP contribution in [-0.2, 0) is 6.54 Å². The number of aromatic nitrogens is 3. The fourth-order valence-corrected chi connectivity index (χ4v) is 2.65. The summed E-state index contributed by atoms with van der Waals surface area (Å²) in [7, 11) is 0. The molecule has 130 valence electrons. The molecule has 1 aromatic carbocycles. The maximum atomic E-state index is 12.7. The van der Waals surface area contributed by atoms with Gasteiger partial charge in [-0.3, -0.25) is 4.79 Å². The molecule has 0 saturated heterocycles. The lowest BCUT2D eigenvalue weighted by Gasteiger charge is -2.11. The molecule has 3 aromatic rings. The van der Waals surface area contributed by atoms with Crippen LogP contribution < -0.4 is 5.32 Å². The molecule has 1 atom stereocenters. The monoisotopic (exact) mass is 338 g/mol. The molecule has 0 radical (unpaired) electrons. The van der Waals surface area contributed by atoms with Crippen LogP contribution in [0.15, 0.2) is 42.6 Å². The van der Waals surface area contributed by atoms with Gasteiger partial charge in [0.1, 0.15) is 0 Å². The molecule has 2 heterocycles. The van der Waals surface area contributed by atoms with Crippen molar-refractivity contribution in [2.45, 2.75) is 20.4 Å². The second-order valence-electron chi connectivity index (χ2n) is 6.12. The summed E-state index contributed by atoms with van der Waals surface area (Å²) in [5, 5.41) is 17.1. The first kappa shape index (κ1) is 17.1. The van der Waals surface area contributed by atoms with Crippen molar-refractivity contribution in [1.82, 2.24) is 20.1 Å². The first-order valence-corrected chi connectivity index (χ1v) is 8.45. The minimum atomic E-state index is -0.180. The topological polar surface area (TPSA) is 80.0 Å². The molecular formula is C19H22N4O2. The average molecular weight is 338 g/mol. The van der Waals surface area contributed by atoms with Crippen LogP contribution in [-0.4, -0.2) is 38.9 Å². The van der Waals surface area contributed by atoms with Crippen LogP contribution in [0.1, 0.15) is 24.2 Å². The van der Waals surface area contributed by atoms with E-state index in [0.29, 0.717) is 24.3 Å². The molecule has 2 N–H and O–H groups in total. The third-order valence-electron chi connectivity index (χ3n) is 4.15. The molecule has 0 aliphatic heterocycles. The number of aliphatic hydroxyl groups is 1. The molecule has 0 bridgehead atoms. The minimum absolute atomic E-state index is 0.00763. The van der Waals surface area contributed by atoms with E-state index in [1.807, 2.05) is 44.2 Å². The highest BCUT2D eigenvalue weighted by Crippen LogP contribution is 2.24. The van der Waals surface area contributed by atoms with Crippen molar-refractivity contribution in [2.24, 2.45) is 5.92 Å². The van der Waals surface area contributed by atoms with Gasteiger partial charge in [-0.1, -0.05) is 37.3 Å².